The molecule has 154 valence electrons. The number of nitrogens with zero attached hydrogens (tertiary/aromatic N) is 2. The second-order valence-electron chi connectivity index (χ2n) is 8.66. The lowest BCUT2D eigenvalue weighted by atomic mass is 9.78. The quantitative estimate of drug-likeness (QED) is 0.714. The Morgan fingerprint density at radius 2 is 1.86 bits per heavy atom. The van der Waals surface area contributed by atoms with Crippen LogP contribution in [0.5, 0.6) is 11.5 Å². The maximum atomic E-state index is 13.3. The van der Waals surface area contributed by atoms with E-state index in [-0.39, 0.29) is 0 Å². The van der Waals surface area contributed by atoms with Crippen molar-refractivity contribution in [2.75, 3.05) is 27.3 Å². The summed E-state index contributed by atoms with van der Waals surface area (Å²) in [5.74, 6) is 2.70. The maximum absolute atomic E-state index is 13.3. The second kappa shape index (κ2) is 8.73. The van der Waals surface area contributed by atoms with Gasteiger partial charge in [-0.15, -0.1) is 0 Å². The number of carbonyl (C=O) groups excluding carboxylic acids is 1. The molecule has 3 fully saturated rings. The van der Waals surface area contributed by atoms with Gasteiger partial charge in [-0.25, -0.2) is 0 Å². The topological polar surface area (TPSA) is 42.0 Å². The van der Waals surface area contributed by atoms with E-state index >= 15 is 0 Å². The van der Waals surface area contributed by atoms with E-state index in [4.69, 9.17) is 9.47 Å². The first-order chi connectivity index (χ1) is 13.7. The smallest absolute Gasteiger partial charge is 0.237 e. The molecule has 1 aromatic rings. The van der Waals surface area contributed by atoms with Gasteiger partial charge in [0.15, 0.2) is 0 Å². The fourth-order valence-electron chi connectivity index (χ4n) is 5.15. The molecule has 0 N–H and O–H groups in total. The highest BCUT2D eigenvalue weighted by Gasteiger charge is 2.38. The Balaban J connectivity index is 1.45. The highest BCUT2D eigenvalue weighted by atomic mass is 16.5. The zero-order chi connectivity index (χ0) is 19.5. The van der Waals surface area contributed by atoms with Crippen molar-refractivity contribution in [1.82, 2.24) is 9.80 Å². The van der Waals surface area contributed by atoms with Crippen LogP contribution in [0.15, 0.2) is 18.2 Å². The van der Waals surface area contributed by atoms with Crippen LogP contribution in [0.4, 0.5) is 0 Å². The number of benzene rings is 1. The van der Waals surface area contributed by atoms with E-state index in [2.05, 4.69) is 15.9 Å². The number of hydrogen-bond donors (Lipinski definition) is 0. The summed E-state index contributed by atoms with van der Waals surface area (Å²) in [6, 6.07) is 6.99. The summed E-state index contributed by atoms with van der Waals surface area (Å²) in [5, 5.41) is 0. The van der Waals surface area contributed by atoms with Crippen molar-refractivity contribution < 1.29 is 14.3 Å². The van der Waals surface area contributed by atoms with Crippen molar-refractivity contribution in [2.24, 2.45) is 5.92 Å². The van der Waals surface area contributed by atoms with E-state index in [1.165, 1.54) is 51.4 Å². The van der Waals surface area contributed by atoms with E-state index in [1.807, 2.05) is 12.1 Å². The van der Waals surface area contributed by atoms with Gasteiger partial charge in [-0.1, -0.05) is 18.9 Å². The third-order valence-electron chi connectivity index (χ3n) is 6.83. The van der Waals surface area contributed by atoms with Crippen LogP contribution in [0.3, 0.4) is 0 Å². The van der Waals surface area contributed by atoms with Crippen LogP contribution < -0.4 is 9.47 Å². The van der Waals surface area contributed by atoms with Gasteiger partial charge < -0.3 is 14.4 Å². The molecule has 0 spiro atoms. The number of piperidine rings is 1. The number of methoxy groups -OCH3 is 2. The molecule has 0 aromatic heterocycles. The van der Waals surface area contributed by atoms with Crippen molar-refractivity contribution in [3.63, 3.8) is 0 Å². The summed E-state index contributed by atoms with van der Waals surface area (Å²) >= 11 is 0. The van der Waals surface area contributed by atoms with E-state index in [0.29, 0.717) is 24.5 Å². The Bertz CT molecular complexity index is 686. The van der Waals surface area contributed by atoms with Crippen molar-refractivity contribution >= 4 is 5.91 Å². The van der Waals surface area contributed by atoms with Crippen molar-refractivity contribution in [1.29, 1.82) is 0 Å². The van der Waals surface area contributed by atoms with Gasteiger partial charge in [0.25, 0.3) is 0 Å². The number of amides is 1. The van der Waals surface area contributed by atoms with Crippen LogP contribution in [0, 0.1) is 5.92 Å². The van der Waals surface area contributed by atoms with Crippen LogP contribution in [0.25, 0.3) is 0 Å². The summed E-state index contributed by atoms with van der Waals surface area (Å²) in [6.07, 6.45) is 9.99. The largest absolute Gasteiger partial charge is 0.497 e. The molecule has 1 heterocycles. The third-order valence-corrected chi connectivity index (χ3v) is 6.83. The molecule has 2 saturated carbocycles. The number of ether oxygens (including phenoxy) is 2. The normalized spacial score (nSPS) is 24.8. The van der Waals surface area contributed by atoms with E-state index in [0.717, 1.165) is 36.1 Å². The molecule has 1 saturated heterocycles. The van der Waals surface area contributed by atoms with E-state index in [9.17, 15) is 4.79 Å². The van der Waals surface area contributed by atoms with Gasteiger partial charge in [-0.2, -0.15) is 0 Å². The number of rotatable bonds is 7. The fourth-order valence-corrected chi connectivity index (χ4v) is 5.15. The monoisotopic (exact) mass is 386 g/mol. The SMILES string of the molecule is COc1ccc(CN(CC(=O)N2CCCC3CCCCC32)C2CC2)c(OC)c1. The van der Waals surface area contributed by atoms with Gasteiger partial charge >= 0.3 is 0 Å². The molecule has 1 aromatic carbocycles. The first-order valence-electron chi connectivity index (χ1n) is 10.9. The maximum Gasteiger partial charge on any atom is 0.237 e. The summed E-state index contributed by atoms with van der Waals surface area (Å²) in [6.45, 7) is 2.24. The molecule has 28 heavy (non-hydrogen) atoms. The van der Waals surface area contributed by atoms with E-state index < -0.39 is 0 Å². The number of carbonyl (C=O) groups is 1. The minimum Gasteiger partial charge on any atom is -0.497 e. The van der Waals surface area contributed by atoms with Gasteiger partial charge in [0.2, 0.25) is 5.91 Å². The Labute approximate surface area is 169 Å². The van der Waals surface area contributed by atoms with E-state index in [1.54, 1.807) is 14.2 Å². The number of likely N-dealkylation sites (tertiary alicyclic amines) is 1. The van der Waals surface area contributed by atoms with Gasteiger partial charge in [0.1, 0.15) is 11.5 Å². The van der Waals surface area contributed by atoms with Crippen LogP contribution >= 0.6 is 0 Å². The lowest BCUT2D eigenvalue weighted by molar-refractivity contribution is -0.139. The van der Waals surface area contributed by atoms with Crippen LogP contribution in [0.2, 0.25) is 0 Å². The zero-order valence-electron chi connectivity index (χ0n) is 17.4. The lowest BCUT2D eigenvalue weighted by Crippen LogP contribution is -2.52. The van der Waals surface area contributed by atoms with Crippen molar-refractivity contribution in [2.45, 2.75) is 70.0 Å². The van der Waals surface area contributed by atoms with Gasteiger partial charge in [-0.05, 0) is 50.5 Å². The molecule has 4 rings (SSSR count). The molecule has 2 atom stereocenters. The van der Waals surface area contributed by atoms with Crippen LogP contribution in [-0.2, 0) is 11.3 Å². The minimum atomic E-state index is 0.330. The summed E-state index contributed by atoms with van der Waals surface area (Å²) in [5.41, 5.74) is 1.12. The average molecular weight is 387 g/mol. The van der Waals surface area contributed by atoms with Gasteiger partial charge in [-0.3, -0.25) is 9.69 Å². The highest BCUT2D eigenvalue weighted by molar-refractivity contribution is 5.79. The average Bonchev–Trinajstić information content (AvgIpc) is 3.58. The first-order valence-corrected chi connectivity index (χ1v) is 10.9. The lowest BCUT2D eigenvalue weighted by Gasteiger charge is -2.44. The fraction of sp³-hybridized carbons (Fsp3) is 0.696. The molecule has 0 radical (unpaired) electrons. The predicted octanol–water partition coefficient (Wildman–Crippen LogP) is 3.85. The highest BCUT2D eigenvalue weighted by Crippen LogP contribution is 2.36. The predicted molar refractivity (Wildman–Crippen MR) is 110 cm³/mol. The van der Waals surface area contributed by atoms with Crippen LogP contribution in [-0.4, -0.2) is 55.1 Å². The molecular formula is C23H34N2O3. The van der Waals surface area contributed by atoms with Crippen molar-refractivity contribution in [3.05, 3.63) is 23.8 Å². The zero-order valence-corrected chi connectivity index (χ0v) is 17.4. The standard InChI is InChI=1S/C23H34N2O3/c1-27-20-12-9-18(22(14-20)28-2)15-24(19-10-11-19)16-23(26)25-13-5-7-17-6-3-4-8-21(17)25/h9,12,14,17,19,21H,3-8,10-11,13,15-16H2,1-2H3. The Hall–Kier alpha value is -1.75. The molecule has 5 nitrogen and oxygen atoms in total. The minimum absolute atomic E-state index is 0.330. The molecule has 2 unspecified atom stereocenters. The molecule has 1 aliphatic heterocycles. The van der Waals surface area contributed by atoms with Gasteiger partial charge in [0, 0.05) is 36.8 Å². The first kappa shape index (κ1) is 19.6. The number of fused-ring (bicyclic) bond motifs is 1. The molecule has 0 bridgehead atoms. The number of hydrogen-bond acceptors (Lipinski definition) is 4. The van der Waals surface area contributed by atoms with Crippen molar-refractivity contribution in [3.8, 4) is 11.5 Å². The molecular weight excluding hydrogens is 352 g/mol. The Morgan fingerprint density at radius 1 is 1.07 bits per heavy atom. The summed E-state index contributed by atoms with van der Waals surface area (Å²) in [7, 11) is 3.36. The third kappa shape index (κ3) is 4.29. The molecule has 1 amide bonds. The molecule has 5 heteroatoms. The molecule has 3 aliphatic rings. The summed E-state index contributed by atoms with van der Waals surface area (Å²) < 4.78 is 10.9. The van der Waals surface area contributed by atoms with Gasteiger partial charge in [0.05, 0.1) is 20.8 Å². The molecule has 2 aliphatic carbocycles. The Morgan fingerprint density at radius 3 is 2.61 bits per heavy atom. The Kier molecular flexibility index (Phi) is 6.10. The summed E-state index contributed by atoms with van der Waals surface area (Å²) in [4.78, 5) is 17.9. The second-order valence-corrected chi connectivity index (χ2v) is 8.66. The van der Waals surface area contributed by atoms with Crippen LogP contribution in [0.1, 0.15) is 56.9 Å².